The predicted octanol–water partition coefficient (Wildman–Crippen LogP) is 10.9. The predicted molar refractivity (Wildman–Crippen MR) is 184 cm³/mol. The molecule has 0 amide bonds. The third-order valence-electron chi connectivity index (χ3n) is 8.07. The van der Waals surface area contributed by atoms with Crippen molar-refractivity contribution in [3.63, 3.8) is 0 Å². The van der Waals surface area contributed by atoms with Gasteiger partial charge in [0.05, 0.1) is 23.1 Å². The second-order valence-electron chi connectivity index (χ2n) is 12.6. The van der Waals surface area contributed by atoms with Crippen molar-refractivity contribution in [3.8, 4) is 0 Å². The van der Waals surface area contributed by atoms with Gasteiger partial charge in [-0.05, 0) is 52.0 Å². The quantitative estimate of drug-likeness (QED) is 0.136. The van der Waals surface area contributed by atoms with Crippen LogP contribution in [0.15, 0.2) is 101 Å². The number of fused-ring (bicyclic) bond motifs is 1. The molecule has 43 heavy (non-hydrogen) atoms. The van der Waals surface area contributed by atoms with Gasteiger partial charge in [-0.25, -0.2) is 9.67 Å². The highest BCUT2D eigenvalue weighted by atomic mass is 15.3. The number of nitrogens with zero attached hydrogens (tertiary/aromatic N) is 4. The molecule has 0 aliphatic rings. The van der Waals surface area contributed by atoms with Crippen LogP contribution in [-0.2, 0) is 0 Å². The van der Waals surface area contributed by atoms with Crippen molar-refractivity contribution in [1.82, 2.24) is 9.78 Å². The largest absolute Gasteiger partial charge is 0.254 e. The average Bonchev–Trinajstić information content (AvgIpc) is 3.36. The minimum Gasteiger partial charge on any atom is -0.254 e. The van der Waals surface area contributed by atoms with Crippen molar-refractivity contribution in [2.24, 2.45) is 9.98 Å². The molecule has 0 fully saturated rings. The highest BCUT2D eigenvalue weighted by Gasteiger charge is 2.20. The van der Waals surface area contributed by atoms with Gasteiger partial charge >= 0.3 is 0 Å². The number of benzene rings is 4. The summed E-state index contributed by atoms with van der Waals surface area (Å²) in [5.41, 5.74) is 9.92. The lowest BCUT2D eigenvalue weighted by Gasteiger charge is -2.18. The summed E-state index contributed by atoms with van der Waals surface area (Å²) in [5, 5.41) is 6.26. The van der Waals surface area contributed by atoms with Gasteiger partial charge in [-0.2, -0.15) is 5.10 Å². The molecule has 1 aromatic heterocycles. The van der Waals surface area contributed by atoms with Crippen LogP contribution in [0.2, 0.25) is 0 Å². The molecular formula is C39H44N4. The van der Waals surface area contributed by atoms with E-state index < -0.39 is 0 Å². The second kappa shape index (κ2) is 12.9. The van der Waals surface area contributed by atoms with Crippen LogP contribution in [0.1, 0.15) is 113 Å². The fourth-order valence-electron chi connectivity index (χ4n) is 5.70. The monoisotopic (exact) mass is 568 g/mol. The van der Waals surface area contributed by atoms with E-state index in [4.69, 9.17) is 15.1 Å². The lowest BCUT2D eigenvalue weighted by Crippen LogP contribution is -2.16. The smallest absolute Gasteiger partial charge is 0.161 e. The average molecular weight is 569 g/mol. The zero-order chi connectivity index (χ0) is 30.7. The van der Waals surface area contributed by atoms with E-state index in [2.05, 4.69) is 140 Å². The molecule has 0 aliphatic heterocycles. The topological polar surface area (TPSA) is 42.5 Å². The van der Waals surface area contributed by atoms with Gasteiger partial charge in [-0.15, -0.1) is 0 Å². The Balaban J connectivity index is 1.76. The molecule has 0 N–H and O–H groups in total. The summed E-state index contributed by atoms with van der Waals surface area (Å²) < 4.78 is 2.00. The van der Waals surface area contributed by atoms with Gasteiger partial charge in [0.2, 0.25) is 0 Å². The lowest BCUT2D eigenvalue weighted by atomic mass is 9.93. The van der Waals surface area contributed by atoms with E-state index in [1.165, 1.54) is 22.3 Å². The van der Waals surface area contributed by atoms with Crippen molar-refractivity contribution in [3.05, 3.63) is 125 Å². The Labute approximate surface area is 257 Å². The molecule has 0 spiro atoms. The van der Waals surface area contributed by atoms with Crippen LogP contribution >= 0.6 is 0 Å². The Kier molecular flexibility index (Phi) is 9.05. The molecule has 0 unspecified atom stereocenters. The third-order valence-corrected chi connectivity index (χ3v) is 8.07. The molecule has 5 rings (SSSR count). The van der Waals surface area contributed by atoms with E-state index in [0.29, 0.717) is 23.7 Å². The van der Waals surface area contributed by atoms with Crippen LogP contribution in [0, 0.1) is 0 Å². The second-order valence-corrected chi connectivity index (χ2v) is 12.6. The standard InChI is InChI=1S/C39H44N4/c1-25(2)30-19-14-20-31(26(3)4)37(30)40-24-35-34-18-12-13-23-36(34)43(42-35)39(29-16-10-9-11-17-29)41-38-32(27(5)6)21-15-22-33(38)28(7)8/h9-28H,1-8H3/b40-24+,41-39+. The molecule has 0 bridgehead atoms. The molecule has 0 aliphatic carbocycles. The van der Waals surface area contributed by atoms with Gasteiger partial charge in [-0.3, -0.25) is 4.99 Å². The molecular weight excluding hydrogens is 524 g/mol. The maximum absolute atomic E-state index is 5.47. The zero-order valence-electron chi connectivity index (χ0n) is 26.8. The fraction of sp³-hybridized carbons (Fsp3) is 0.308. The number of aliphatic imine (C=N–C) groups is 2. The van der Waals surface area contributed by atoms with Gasteiger partial charge in [0.25, 0.3) is 0 Å². The molecule has 0 saturated carbocycles. The molecule has 0 atom stereocenters. The van der Waals surface area contributed by atoms with Crippen LogP contribution in [0.3, 0.4) is 0 Å². The summed E-state index contributed by atoms with van der Waals surface area (Å²) in [6, 6.07) is 31.9. The first-order valence-corrected chi connectivity index (χ1v) is 15.6. The SMILES string of the molecule is CC(C)c1cccc(C(C)C)c1/N=C/c1nn(/C(=N/c2c(C(C)C)cccc2C(C)C)c2ccccc2)c2ccccc12. The Morgan fingerprint density at radius 3 is 1.60 bits per heavy atom. The summed E-state index contributed by atoms with van der Waals surface area (Å²) >= 11 is 0. The number of hydrogen-bond donors (Lipinski definition) is 0. The van der Waals surface area contributed by atoms with Gasteiger partial charge < -0.3 is 0 Å². The molecule has 5 aromatic rings. The molecule has 1 heterocycles. The van der Waals surface area contributed by atoms with Gasteiger partial charge in [-0.1, -0.05) is 140 Å². The van der Waals surface area contributed by atoms with Crippen LogP contribution in [0.4, 0.5) is 11.4 Å². The van der Waals surface area contributed by atoms with Crippen LogP contribution in [0.5, 0.6) is 0 Å². The molecule has 4 nitrogen and oxygen atoms in total. The minimum absolute atomic E-state index is 0.336. The van der Waals surface area contributed by atoms with E-state index >= 15 is 0 Å². The summed E-state index contributed by atoms with van der Waals surface area (Å²) in [6.45, 7) is 17.9. The Bertz CT molecular complexity index is 1720. The van der Waals surface area contributed by atoms with Crippen molar-refractivity contribution in [2.75, 3.05) is 0 Å². The fourth-order valence-corrected chi connectivity index (χ4v) is 5.70. The maximum Gasteiger partial charge on any atom is 0.161 e. The minimum atomic E-state index is 0.336. The summed E-state index contributed by atoms with van der Waals surface area (Å²) in [7, 11) is 0. The van der Waals surface area contributed by atoms with Crippen molar-refractivity contribution in [1.29, 1.82) is 0 Å². The highest BCUT2D eigenvalue weighted by Crippen LogP contribution is 2.37. The first-order valence-electron chi connectivity index (χ1n) is 15.6. The lowest BCUT2D eigenvalue weighted by molar-refractivity contribution is 0.833. The summed E-state index contributed by atoms with van der Waals surface area (Å²) in [6.07, 6.45) is 1.94. The molecule has 4 aromatic carbocycles. The molecule has 4 heteroatoms. The first kappa shape index (κ1) is 30.2. The van der Waals surface area contributed by atoms with E-state index in [1.807, 2.05) is 17.0 Å². The first-order chi connectivity index (χ1) is 20.7. The van der Waals surface area contributed by atoms with E-state index in [9.17, 15) is 0 Å². The Morgan fingerprint density at radius 2 is 1.07 bits per heavy atom. The highest BCUT2D eigenvalue weighted by molar-refractivity contribution is 6.09. The van der Waals surface area contributed by atoms with Gasteiger partial charge in [0, 0.05) is 10.9 Å². The maximum atomic E-state index is 5.47. The van der Waals surface area contributed by atoms with Crippen molar-refractivity contribution >= 4 is 34.3 Å². The normalized spacial score (nSPS) is 12.6. The van der Waals surface area contributed by atoms with Crippen molar-refractivity contribution in [2.45, 2.75) is 79.1 Å². The molecule has 220 valence electrons. The number of aromatic nitrogens is 2. The number of rotatable bonds is 8. The Hall–Kier alpha value is -4.31. The van der Waals surface area contributed by atoms with E-state index in [0.717, 1.165) is 39.4 Å². The van der Waals surface area contributed by atoms with Crippen LogP contribution in [-0.4, -0.2) is 21.8 Å². The van der Waals surface area contributed by atoms with Crippen LogP contribution < -0.4 is 0 Å². The Morgan fingerprint density at radius 1 is 0.581 bits per heavy atom. The van der Waals surface area contributed by atoms with Crippen LogP contribution in [0.25, 0.3) is 10.9 Å². The summed E-state index contributed by atoms with van der Waals surface area (Å²) in [4.78, 5) is 10.6. The molecule has 0 radical (unpaired) electrons. The molecule has 0 saturated heterocycles. The van der Waals surface area contributed by atoms with E-state index in [-0.39, 0.29) is 0 Å². The van der Waals surface area contributed by atoms with E-state index in [1.54, 1.807) is 0 Å². The van der Waals surface area contributed by atoms with Gasteiger partial charge in [0.15, 0.2) is 5.84 Å². The summed E-state index contributed by atoms with van der Waals surface area (Å²) in [5.74, 6) is 2.21. The van der Waals surface area contributed by atoms with Gasteiger partial charge in [0.1, 0.15) is 5.69 Å². The number of para-hydroxylation sites is 3. The third kappa shape index (κ3) is 6.24. The van der Waals surface area contributed by atoms with Crippen molar-refractivity contribution < 1.29 is 0 Å². The number of hydrogen-bond acceptors (Lipinski definition) is 3. The zero-order valence-corrected chi connectivity index (χ0v) is 26.8.